The van der Waals surface area contributed by atoms with E-state index in [1.165, 1.54) is 0 Å². The van der Waals surface area contributed by atoms with Gasteiger partial charge in [0.05, 0.1) is 0 Å². The maximum atomic E-state index is 4.71. The van der Waals surface area contributed by atoms with Gasteiger partial charge in [0.2, 0.25) is 0 Å². The molecular formula is CH3K2NS2+2. The van der Waals surface area contributed by atoms with Gasteiger partial charge in [0, 0.05) is 0 Å². The molecule has 2 N–H and O–H groups in total. The summed E-state index contributed by atoms with van der Waals surface area (Å²) in [4.78, 5) is 0. The molecular weight excluding hydrogens is 168 g/mol. The average Bonchev–Trinajstić information content (AvgIpc) is 0.811. The maximum Gasteiger partial charge on any atom is 1.00 e. The van der Waals surface area contributed by atoms with Crippen molar-refractivity contribution >= 4 is 29.2 Å². The molecule has 0 radical (unpaired) electrons. The Hall–Kier alpha value is 3.51. The summed E-state index contributed by atoms with van der Waals surface area (Å²) in [5.74, 6) is 0. The van der Waals surface area contributed by atoms with Gasteiger partial charge in [0.15, 0.2) is 0 Å². The van der Waals surface area contributed by atoms with Crippen LogP contribution in [0.5, 0.6) is 0 Å². The summed E-state index contributed by atoms with van der Waals surface area (Å²) in [6.45, 7) is 0. The maximum absolute atomic E-state index is 4.71. The quantitative estimate of drug-likeness (QED) is 0.216. The third-order valence-corrected chi connectivity index (χ3v) is 0. The smallest absolute Gasteiger partial charge is 0.385 e. The van der Waals surface area contributed by atoms with Crippen LogP contribution >= 0.6 is 24.8 Å². The van der Waals surface area contributed by atoms with Gasteiger partial charge in [-0.2, -0.15) is 0 Å². The van der Waals surface area contributed by atoms with Crippen LogP contribution in [0.25, 0.3) is 0 Å². The second-order valence-corrected chi connectivity index (χ2v) is 1.56. The van der Waals surface area contributed by atoms with Gasteiger partial charge in [0.1, 0.15) is 4.32 Å². The fourth-order valence-corrected chi connectivity index (χ4v) is 0. The van der Waals surface area contributed by atoms with Crippen LogP contribution in [0.2, 0.25) is 0 Å². The van der Waals surface area contributed by atoms with Crippen LogP contribution in [-0.4, -0.2) is 4.32 Å². The van der Waals surface area contributed by atoms with Gasteiger partial charge in [-0.25, -0.2) is 0 Å². The fraction of sp³-hybridized carbons (Fsp3) is 0. The van der Waals surface area contributed by atoms with Gasteiger partial charge >= 0.3 is 103 Å². The van der Waals surface area contributed by atoms with Gasteiger partial charge in [-0.1, -0.05) is 12.2 Å². The van der Waals surface area contributed by atoms with Crippen molar-refractivity contribution in [1.29, 1.82) is 0 Å². The van der Waals surface area contributed by atoms with E-state index in [9.17, 15) is 0 Å². The summed E-state index contributed by atoms with van der Waals surface area (Å²) >= 11 is 7.65. The van der Waals surface area contributed by atoms with Crippen LogP contribution in [0.4, 0.5) is 0 Å². The van der Waals surface area contributed by atoms with E-state index in [0.717, 1.165) is 0 Å². The van der Waals surface area contributed by atoms with E-state index < -0.39 is 0 Å². The molecule has 0 aromatic heterocycles. The molecule has 0 fully saturated rings. The SMILES string of the molecule is NC(=S)S.[K+].[K+]. The van der Waals surface area contributed by atoms with Crippen LogP contribution in [0.3, 0.4) is 0 Å². The third kappa shape index (κ3) is 25.8. The molecule has 0 aromatic carbocycles. The molecule has 5 heteroatoms. The van der Waals surface area contributed by atoms with E-state index in [-0.39, 0.29) is 107 Å². The van der Waals surface area contributed by atoms with Crippen LogP contribution in [0.15, 0.2) is 0 Å². The van der Waals surface area contributed by atoms with E-state index in [1.54, 1.807) is 0 Å². The molecule has 0 rings (SSSR count). The molecule has 0 atom stereocenters. The Labute approximate surface area is 133 Å². The molecule has 0 aliphatic carbocycles. The predicted octanol–water partition coefficient (Wildman–Crippen LogP) is -5.83. The molecule has 0 unspecified atom stereocenters. The number of thiocarbonyl (C=S) groups is 1. The molecule has 0 aliphatic rings. The van der Waals surface area contributed by atoms with Crippen molar-refractivity contribution in [1.82, 2.24) is 0 Å². The number of hydrogen-bond donors (Lipinski definition) is 2. The molecule has 24 valence electrons. The number of nitrogens with two attached hydrogens (primary N) is 1. The third-order valence-electron chi connectivity index (χ3n) is 0. The van der Waals surface area contributed by atoms with Gasteiger partial charge in [-0.15, -0.1) is 12.6 Å². The summed E-state index contributed by atoms with van der Waals surface area (Å²) in [5, 5.41) is 0. The van der Waals surface area contributed by atoms with Crippen molar-refractivity contribution < 1.29 is 103 Å². The van der Waals surface area contributed by atoms with Crippen molar-refractivity contribution in [3.63, 3.8) is 0 Å². The fourth-order valence-electron chi connectivity index (χ4n) is 0. The normalized spacial score (nSPS) is 4.17. The summed E-state index contributed by atoms with van der Waals surface area (Å²) in [5.41, 5.74) is 4.71. The van der Waals surface area contributed by atoms with Crippen LogP contribution < -0.4 is 109 Å². The van der Waals surface area contributed by atoms with Crippen LogP contribution in [0, 0.1) is 0 Å². The van der Waals surface area contributed by atoms with Gasteiger partial charge in [-0.3, -0.25) is 0 Å². The van der Waals surface area contributed by atoms with Gasteiger partial charge < -0.3 is 5.73 Å². The molecule has 0 spiro atoms. The molecule has 0 amide bonds. The minimum absolute atomic E-state index is 0. The van der Waals surface area contributed by atoms with Crippen molar-refractivity contribution in [3.8, 4) is 0 Å². The Morgan fingerprint density at radius 2 is 1.50 bits per heavy atom. The van der Waals surface area contributed by atoms with Crippen molar-refractivity contribution in [3.05, 3.63) is 0 Å². The predicted molar refractivity (Wildman–Crippen MR) is 25.8 cm³/mol. The number of thiol groups is 1. The van der Waals surface area contributed by atoms with E-state index in [4.69, 9.17) is 5.73 Å². The first-order chi connectivity index (χ1) is 1.73. The summed E-state index contributed by atoms with van der Waals surface area (Å²) in [7, 11) is 0. The van der Waals surface area contributed by atoms with E-state index in [2.05, 4.69) is 24.8 Å². The zero-order chi connectivity index (χ0) is 3.58. The topological polar surface area (TPSA) is 26.0 Å². The first kappa shape index (κ1) is 16.3. The Balaban J connectivity index is -0.0000000450. The molecule has 0 saturated carbocycles. The largest absolute Gasteiger partial charge is 1.00 e. The zero-order valence-corrected chi connectivity index (χ0v) is 11.9. The second-order valence-electron chi connectivity index (χ2n) is 0.338. The van der Waals surface area contributed by atoms with Crippen molar-refractivity contribution in [2.75, 3.05) is 0 Å². The molecule has 0 saturated heterocycles. The zero-order valence-electron chi connectivity index (χ0n) is 3.93. The van der Waals surface area contributed by atoms with E-state index in [1.807, 2.05) is 0 Å². The van der Waals surface area contributed by atoms with Crippen LogP contribution in [-0.2, 0) is 0 Å². The summed E-state index contributed by atoms with van der Waals surface area (Å²) in [6, 6.07) is 0. The molecule has 6 heavy (non-hydrogen) atoms. The Kier molecular flexibility index (Phi) is 30.7. The number of hydrogen-bond acceptors (Lipinski definition) is 1. The van der Waals surface area contributed by atoms with Crippen molar-refractivity contribution in [2.45, 2.75) is 0 Å². The summed E-state index contributed by atoms with van der Waals surface area (Å²) < 4.78 is 0.194. The second kappa shape index (κ2) is 11.3. The monoisotopic (exact) mass is 171 g/mol. The minimum Gasteiger partial charge on any atom is -0.385 e. The Morgan fingerprint density at radius 3 is 1.50 bits per heavy atom. The van der Waals surface area contributed by atoms with E-state index >= 15 is 0 Å². The van der Waals surface area contributed by atoms with Crippen molar-refractivity contribution in [2.24, 2.45) is 5.73 Å². The number of rotatable bonds is 0. The Morgan fingerprint density at radius 1 is 1.50 bits per heavy atom. The standard InChI is InChI=1S/CH3NS2.2K/c2-1(3)4;;/h(H3,2,3,4);;/q;2*+1. The van der Waals surface area contributed by atoms with Gasteiger partial charge in [-0.05, 0) is 0 Å². The Bertz CT molecular complexity index is 34.5. The van der Waals surface area contributed by atoms with Crippen LogP contribution in [0.1, 0.15) is 0 Å². The summed E-state index contributed by atoms with van der Waals surface area (Å²) in [6.07, 6.45) is 0. The molecule has 0 aliphatic heterocycles. The first-order valence-electron chi connectivity index (χ1n) is 0.716. The first-order valence-corrected chi connectivity index (χ1v) is 1.57. The van der Waals surface area contributed by atoms with E-state index in [0.29, 0.717) is 0 Å². The molecule has 0 aromatic rings. The minimum atomic E-state index is 0. The van der Waals surface area contributed by atoms with Gasteiger partial charge in [0.25, 0.3) is 0 Å². The molecule has 1 nitrogen and oxygen atoms in total. The average molecular weight is 171 g/mol. The molecule has 0 bridgehead atoms. The molecule has 0 heterocycles.